The summed E-state index contributed by atoms with van der Waals surface area (Å²) in [6.07, 6.45) is -9.19. The number of amides is 1. The van der Waals surface area contributed by atoms with Gasteiger partial charge in [0, 0.05) is 0 Å². The maximum atomic E-state index is 12.0. The summed E-state index contributed by atoms with van der Waals surface area (Å²) < 4.78 is 81.0. The predicted octanol–water partition coefficient (Wildman–Crippen LogP) is 1.50. The molecule has 0 spiro atoms. The minimum absolute atomic E-state index is 0.572. The highest BCUT2D eigenvalue weighted by atomic mass is 19.4. The highest BCUT2D eigenvalue weighted by Gasteiger charge is 2.49. The fraction of sp³-hybridized carbons (Fsp3) is 0.800. The van der Waals surface area contributed by atoms with Crippen LogP contribution < -0.4 is 5.48 Å². The third kappa shape index (κ3) is 4.81. The van der Waals surface area contributed by atoms with Crippen LogP contribution in [0.25, 0.3) is 0 Å². The largest absolute Gasteiger partial charge is 0.414 e. The summed E-state index contributed by atoms with van der Waals surface area (Å²) in [5.74, 6) is -7.73. The second kappa shape index (κ2) is 4.64. The molecule has 3 nitrogen and oxygen atoms in total. The van der Waals surface area contributed by atoms with E-state index in [1.54, 1.807) is 0 Å². The number of rotatable bonds is 4. The van der Waals surface area contributed by atoms with Crippen molar-refractivity contribution < 1.29 is 40.4 Å². The topological polar surface area (TPSA) is 38.3 Å². The lowest BCUT2D eigenvalue weighted by Crippen LogP contribution is -2.46. The zero-order valence-corrected chi connectivity index (χ0v) is 6.75. The molecule has 0 aromatic rings. The summed E-state index contributed by atoms with van der Waals surface area (Å²) in [5.41, 5.74) is 0.572. The van der Waals surface area contributed by atoms with E-state index >= 15 is 0 Å². The van der Waals surface area contributed by atoms with Gasteiger partial charge in [-0.3, -0.25) is 9.63 Å². The molecule has 0 bridgehead atoms. The molecule has 0 aromatic carbocycles. The molecule has 0 atom stereocenters. The average Bonchev–Trinajstić information content (AvgIpc) is 2.01. The Labute approximate surface area is 78.1 Å². The summed E-state index contributed by atoms with van der Waals surface area (Å²) in [6, 6.07) is 0. The second-order valence-electron chi connectivity index (χ2n) is 2.26. The summed E-state index contributed by atoms with van der Waals surface area (Å²) in [4.78, 5) is 13.4. The van der Waals surface area contributed by atoms with E-state index in [9.17, 15) is 35.5 Å². The molecule has 0 aromatic heterocycles. The number of alkyl halides is 7. The molecule has 0 unspecified atom stereocenters. The van der Waals surface area contributed by atoms with Crippen LogP contribution in [-0.2, 0) is 9.63 Å². The number of hydrogen-bond donors (Lipinski definition) is 1. The Morgan fingerprint density at radius 1 is 1.20 bits per heavy atom. The third-order valence-electron chi connectivity index (χ3n) is 0.978. The molecule has 10 heteroatoms. The fourth-order valence-electron chi connectivity index (χ4n) is 0.351. The minimum Gasteiger partial charge on any atom is -0.265 e. The summed E-state index contributed by atoms with van der Waals surface area (Å²) in [7, 11) is 0. The average molecular weight is 243 g/mol. The fourth-order valence-corrected chi connectivity index (χ4v) is 0.351. The molecule has 1 amide bonds. The number of carbonyl (C=O) groups excluding carboxylic acids is 1. The molecule has 15 heavy (non-hydrogen) atoms. The van der Waals surface area contributed by atoms with Crippen molar-refractivity contribution in [1.29, 1.82) is 0 Å². The second-order valence-corrected chi connectivity index (χ2v) is 2.26. The first-order valence-electron chi connectivity index (χ1n) is 3.22. The molecule has 0 heterocycles. The van der Waals surface area contributed by atoms with Gasteiger partial charge < -0.3 is 0 Å². The first-order chi connectivity index (χ1) is 6.57. The van der Waals surface area contributed by atoms with E-state index in [0.29, 0.717) is 5.48 Å². The highest BCUT2D eigenvalue weighted by Crippen LogP contribution is 2.22. The molecule has 90 valence electrons. The van der Waals surface area contributed by atoms with E-state index in [2.05, 4.69) is 4.84 Å². The van der Waals surface area contributed by atoms with Gasteiger partial charge in [-0.2, -0.15) is 22.0 Å². The van der Waals surface area contributed by atoms with E-state index in [4.69, 9.17) is 0 Å². The normalized spacial score (nSPS) is 13.1. The van der Waals surface area contributed by atoms with E-state index < -0.39 is 31.0 Å². The van der Waals surface area contributed by atoms with E-state index in [0.717, 1.165) is 0 Å². The van der Waals surface area contributed by atoms with Crippen molar-refractivity contribution in [2.75, 3.05) is 6.61 Å². The first kappa shape index (κ1) is 13.9. The Morgan fingerprint density at radius 2 is 1.67 bits per heavy atom. The van der Waals surface area contributed by atoms with Crippen LogP contribution in [0.4, 0.5) is 30.7 Å². The highest BCUT2D eigenvalue weighted by molar-refractivity contribution is 5.82. The summed E-state index contributed by atoms with van der Waals surface area (Å²) in [6.45, 7) is -2.06. The number of halogens is 7. The van der Waals surface area contributed by atoms with Gasteiger partial charge >= 0.3 is 24.4 Å². The van der Waals surface area contributed by atoms with Crippen molar-refractivity contribution in [2.24, 2.45) is 0 Å². The molecule has 0 aliphatic rings. The third-order valence-corrected chi connectivity index (χ3v) is 0.978. The molecule has 0 aliphatic carbocycles. The Bertz CT molecular complexity index is 226. The molecule has 0 radical (unpaired) electrons. The molecule has 0 fully saturated rings. The van der Waals surface area contributed by atoms with Gasteiger partial charge in [-0.25, -0.2) is 14.3 Å². The lowest BCUT2D eigenvalue weighted by atomic mass is 10.3. The van der Waals surface area contributed by atoms with Crippen LogP contribution in [0, 0.1) is 0 Å². The number of nitrogens with one attached hydrogen (secondary N) is 1. The van der Waals surface area contributed by atoms with E-state index in [1.165, 1.54) is 0 Å². The molecule has 0 aliphatic heterocycles. The summed E-state index contributed by atoms with van der Waals surface area (Å²) in [5, 5.41) is 0. The monoisotopic (exact) mass is 243 g/mol. The van der Waals surface area contributed by atoms with Gasteiger partial charge in [-0.1, -0.05) is 0 Å². The van der Waals surface area contributed by atoms with Crippen molar-refractivity contribution in [2.45, 2.75) is 18.5 Å². The van der Waals surface area contributed by atoms with Crippen molar-refractivity contribution >= 4 is 5.91 Å². The smallest absolute Gasteiger partial charge is 0.265 e. The van der Waals surface area contributed by atoms with E-state index in [1.807, 2.05) is 0 Å². The number of hydrogen-bond acceptors (Lipinski definition) is 2. The van der Waals surface area contributed by atoms with Crippen LogP contribution in [0.1, 0.15) is 0 Å². The molecular weight excluding hydrogens is 239 g/mol. The van der Waals surface area contributed by atoms with Gasteiger partial charge in [0.1, 0.15) is 0 Å². The van der Waals surface area contributed by atoms with Gasteiger partial charge in [0.2, 0.25) is 0 Å². The number of hydroxylamine groups is 1. The van der Waals surface area contributed by atoms with Gasteiger partial charge in [0.25, 0.3) is 0 Å². The molecule has 0 saturated heterocycles. The van der Waals surface area contributed by atoms with Crippen LogP contribution in [0.15, 0.2) is 0 Å². The van der Waals surface area contributed by atoms with Crippen LogP contribution in [0.5, 0.6) is 0 Å². The van der Waals surface area contributed by atoms with Crippen LogP contribution >= 0.6 is 0 Å². The molecule has 0 saturated carbocycles. The van der Waals surface area contributed by atoms with Gasteiger partial charge in [-0.15, -0.1) is 0 Å². The maximum Gasteiger partial charge on any atom is 0.414 e. The maximum absolute atomic E-state index is 12.0. The quantitative estimate of drug-likeness (QED) is 0.600. The van der Waals surface area contributed by atoms with Crippen LogP contribution in [-0.4, -0.2) is 31.0 Å². The summed E-state index contributed by atoms with van der Waals surface area (Å²) >= 11 is 0. The zero-order valence-electron chi connectivity index (χ0n) is 6.75. The molecular formula is C5H4F7NO2. The van der Waals surface area contributed by atoms with Crippen LogP contribution in [0.2, 0.25) is 0 Å². The van der Waals surface area contributed by atoms with Gasteiger partial charge in [0.05, 0.1) is 0 Å². The molecule has 1 N–H and O–H groups in total. The Morgan fingerprint density at radius 3 is 2.00 bits per heavy atom. The zero-order chi connectivity index (χ0) is 12.3. The van der Waals surface area contributed by atoms with Gasteiger partial charge in [0.15, 0.2) is 6.61 Å². The Kier molecular flexibility index (Phi) is 4.31. The van der Waals surface area contributed by atoms with Crippen molar-refractivity contribution in [3.63, 3.8) is 0 Å². The van der Waals surface area contributed by atoms with Crippen molar-refractivity contribution in [3.05, 3.63) is 0 Å². The predicted molar refractivity (Wildman–Crippen MR) is 31.1 cm³/mol. The SMILES string of the molecule is O=C(NOCC(F)(F)F)C(F)(F)C(F)F. The first-order valence-corrected chi connectivity index (χ1v) is 3.22. The van der Waals surface area contributed by atoms with Crippen LogP contribution in [0.3, 0.4) is 0 Å². The van der Waals surface area contributed by atoms with Crippen molar-refractivity contribution in [1.82, 2.24) is 5.48 Å². The number of carbonyl (C=O) groups is 1. The lowest BCUT2D eigenvalue weighted by molar-refractivity contribution is -0.206. The minimum atomic E-state index is -5.09. The Balaban J connectivity index is 4.06. The standard InChI is InChI=1S/C5H4F7NO2/c6-2(7)5(11,12)3(14)13-15-1-4(8,9)10/h2H,1H2,(H,13,14). The molecule has 0 rings (SSSR count). The van der Waals surface area contributed by atoms with Crippen molar-refractivity contribution in [3.8, 4) is 0 Å². The Hall–Kier alpha value is -1.06. The van der Waals surface area contributed by atoms with Gasteiger partial charge in [-0.05, 0) is 0 Å². The van der Waals surface area contributed by atoms with E-state index in [-0.39, 0.29) is 0 Å². The lowest BCUT2D eigenvalue weighted by Gasteiger charge is -2.14.